The van der Waals surface area contributed by atoms with Gasteiger partial charge in [0.25, 0.3) is 0 Å². The van der Waals surface area contributed by atoms with Gasteiger partial charge < -0.3 is 10.4 Å². The minimum absolute atomic E-state index is 0.0133. The van der Waals surface area contributed by atoms with E-state index in [0.717, 1.165) is 16.7 Å². The minimum Gasteiger partial charge on any atom is -0.481 e. The first kappa shape index (κ1) is 18.7. The largest absolute Gasteiger partial charge is 0.481 e. The molecule has 0 bridgehead atoms. The van der Waals surface area contributed by atoms with Crippen molar-refractivity contribution in [2.75, 3.05) is 0 Å². The molecule has 0 radical (unpaired) electrons. The molecule has 0 saturated carbocycles. The molecule has 132 valence electrons. The third kappa shape index (κ3) is 5.18. The lowest BCUT2D eigenvalue weighted by Gasteiger charge is -2.18. The van der Waals surface area contributed by atoms with E-state index in [4.69, 9.17) is 5.11 Å². The molecular weight excluding hydrogens is 314 g/mol. The Morgan fingerprint density at radius 2 is 1.52 bits per heavy atom. The Morgan fingerprint density at radius 3 is 2.08 bits per heavy atom. The molecule has 0 saturated heterocycles. The number of benzene rings is 2. The van der Waals surface area contributed by atoms with E-state index < -0.39 is 11.9 Å². The van der Waals surface area contributed by atoms with Crippen molar-refractivity contribution in [1.82, 2.24) is 5.32 Å². The number of hydrogen-bond acceptors (Lipinski definition) is 2. The van der Waals surface area contributed by atoms with Gasteiger partial charge in [-0.05, 0) is 37.0 Å². The normalized spacial score (nSPS) is 14.4. The number of carboxylic acid groups (broad SMARTS) is 1. The van der Waals surface area contributed by atoms with Gasteiger partial charge in [-0.3, -0.25) is 9.59 Å². The van der Waals surface area contributed by atoms with Crippen LogP contribution in [0.5, 0.6) is 0 Å². The first-order valence-electron chi connectivity index (χ1n) is 8.55. The van der Waals surface area contributed by atoms with Crippen LogP contribution < -0.4 is 5.32 Å². The molecule has 2 rings (SSSR count). The summed E-state index contributed by atoms with van der Waals surface area (Å²) in [5, 5.41) is 12.1. The Morgan fingerprint density at radius 1 is 0.920 bits per heavy atom. The number of hydrogen-bond donors (Lipinski definition) is 2. The van der Waals surface area contributed by atoms with E-state index in [0.29, 0.717) is 6.42 Å². The van der Waals surface area contributed by atoms with E-state index in [9.17, 15) is 9.59 Å². The lowest BCUT2D eigenvalue weighted by molar-refractivity contribution is -0.138. The Labute approximate surface area is 148 Å². The zero-order valence-corrected chi connectivity index (χ0v) is 14.9. The zero-order chi connectivity index (χ0) is 18.4. The Hall–Kier alpha value is -2.62. The van der Waals surface area contributed by atoms with E-state index in [1.165, 1.54) is 0 Å². The Bertz CT molecular complexity index is 710. The van der Waals surface area contributed by atoms with Crippen LogP contribution >= 0.6 is 0 Å². The van der Waals surface area contributed by atoms with Crippen molar-refractivity contribution < 1.29 is 14.7 Å². The second-order valence-corrected chi connectivity index (χ2v) is 6.55. The number of carbonyl (C=O) groups is 2. The second kappa shape index (κ2) is 8.47. The highest BCUT2D eigenvalue weighted by Crippen LogP contribution is 2.18. The van der Waals surface area contributed by atoms with Crippen LogP contribution in [0.1, 0.15) is 49.4 Å². The molecule has 0 heterocycles. The van der Waals surface area contributed by atoms with Crippen LogP contribution in [-0.4, -0.2) is 17.0 Å². The highest BCUT2D eigenvalue weighted by atomic mass is 16.4. The van der Waals surface area contributed by atoms with Crippen LogP contribution in [0.4, 0.5) is 0 Å². The van der Waals surface area contributed by atoms with Gasteiger partial charge >= 0.3 is 5.97 Å². The number of nitrogens with one attached hydrogen (secondary N) is 1. The average Bonchev–Trinajstić information content (AvgIpc) is 2.62. The van der Waals surface area contributed by atoms with E-state index in [1.807, 2.05) is 68.4 Å². The third-order valence-corrected chi connectivity index (χ3v) is 4.50. The smallest absolute Gasteiger partial charge is 0.310 e. The lowest BCUT2D eigenvalue weighted by Crippen LogP contribution is -2.32. The van der Waals surface area contributed by atoms with Gasteiger partial charge in [-0.2, -0.15) is 0 Å². The van der Waals surface area contributed by atoms with Crippen molar-refractivity contribution in [2.24, 2.45) is 5.92 Å². The fraction of sp³-hybridized carbons (Fsp3) is 0.333. The molecule has 0 unspecified atom stereocenters. The quantitative estimate of drug-likeness (QED) is 0.803. The number of carbonyl (C=O) groups excluding carboxylic acids is 1. The molecule has 4 heteroatoms. The maximum Gasteiger partial charge on any atom is 0.310 e. The first-order chi connectivity index (χ1) is 11.9. The van der Waals surface area contributed by atoms with Gasteiger partial charge in [0.2, 0.25) is 5.91 Å². The summed E-state index contributed by atoms with van der Waals surface area (Å²) in [7, 11) is 0. The monoisotopic (exact) mass is 339 g/mol. The van der Waals surface area contributed by atoms with E-state index >= 15 is 0 Å². The van der Waals surface area contributed by atoms with Gasteiger partial charge in [-0.25, -0.2) is 0 Å². The molecule has 2 N–H and O–H groups in total. The van der Waals surface area contributed by atoms with Crippen molar-refractivity contribution in [3.63, 3.8) is 0 Å². The van der Waals surface area contributed by atoms with E-state index in [-0.39, 0.29) is 17.9 Å². The molecule has 1 amide bonds. The molecular formula is C21H25NO3. The van der Waals surface area contributed by atoms with Crippen molar-refractivity contribution in [1.29, 1.82) is 0 Å². The molecule has 3 atom stereocenters. The topological polar surface area (TPSA) is 66.4 Å². The predicted octanol–water partition coefficient (Wildman–Crippen LogP) is 3.93. The fourth-order valence-electron chi connectivity index (χ4n) is 2.71. The van der Waals surface area contributed by atoms with Gasteiger partial charge in [0, 0.05) is 5.92 Å². The van der Waals surface area contributed by atoms with E-state index in [1.54, 1.807) is 6.92 Å². The van der Waals surface area contributed by atoms with Gasteiger partial charge in [-0.15, -0.1) is 0 Å². The lowest BCUT2D eigenvalue weighted by atomic mass is 9.95. The highest BCUT2D eigenvalue weighted by Gasteiger charge is 2.17. The third-order valence-electron chi connectivity index (χ3n) is 4.50. The summed E-state index contributed by atoms with van der Waals surface area (Å²) in [5.74, 6) is -1.51. The van der Waals surface area contributed by atoms with Gasteiger partial charge in [0.15, 0.2) is 0 Å². The maximum atomic E-state index is 12.4. The van der Waals surface area contributed by atoms with Gasteiger partial charge in [-0.1, -0.05) is 61.5 Å². The molecule has 0 spiro atoms. The Balaban J connectivity index is 1.93. The summed E-state index contributed by atoms with van der Waals surface area (Å²) in [4.78, 5) is 23.4. The van der Waals surface area contributed by atoms with Crippen LogP contribution in [0.2, 0.25) is 0 Å². The van der Waals surface area contributed by atoms with Gasteiger partial charge in [0.1, 0.15) is 0 Å². The van der Waals surface area contributed by atoms with Gasteiger partial charge in [0.05, 0.1) is 12.0 Å². The standard InChI is InChI=1S/C21H25NO3/c1-14(20(23)22-16(3)19-7-5-4-6-8-19)13-17-9-11-18(12-10-17)15(2)21(24)25/h4-12,14-16H,13H2,1-3H3,(H,22,23)(H,24,25)/t14-,15-,16-/m1/s1. The van der Waals surface area contributed by atoms with Crippen LogP contribution in [0.15, 0.2) is 54.6 Å². The summed E-state index contributed by atoms with van der Waals surface area (Å²) in [5.41, 5.74) is 2.87. The van der Waals surface area contributed by atoms with Crippen LogP contribution in [0.25, 0.3) is 0 Å². The summed E-state index contributed by atoms with van der Waals surface area (Å²) in [6, 6.07) is 17.3. The van der Waals surface area contributed by atoms with Crippen molar-refractivity contribution in [3.8, 4) is 0 Å². The highest BCUT2D eigenvalue weighted by molar-refractivity contribution is 5.79. The number of carboxylic acids is 1. The summed E-state index contributed by atoms with van der Waals surface area (Å²) >= 11 is 0. The van der Waals surface area contributed by atoms with Crippen molar-refractivity contribution in [3.05, 3.63) is 71.3 Å². The minimum atomic E-state index is -0.838. The van der Waals surface area contributed by atoms with Crippen LogP contribution in [-0.2, 0) is 16.0 Å². The predicted molar refractivity (Wildman–Crippen MR) is 98.4 cm³/mol. The molecule has 0 aliphatic heterocycles. The van der Waals surface area contributed by atoms with E-state index in [2.05, 4.69) is 5.32 Å². The van der Waals surface area contributed by atoms with Crippen molar-refractivity contribution >= 4 is 11.9 Å². The average molecular weight is 339 g/mol. The molecule has 25 heavy (non-hydrogen) atoms. The molecule has 0 aliphatic rings. The maximum absolute atomic E-state index is 12.4. The van der Waals surface area contributed by atoms with Crippen LogP contribution in [0.3, 0.4) is 0 Å². The summed E-state index contributed by atoms with van der Waals surface area (Å²) < 4.78 is 0. The number of rotatable bonds is 7. The summed E-state index contributed by atoms with van der Waals surface area (Å²) in [6.07, 6.45) is 0.620. The molecule has 4 nitrogen and oxygen atoms in total. The fourth-order valence-corrected chi connectivity index (χ4v) is 2.71. The second-order valence-electron chi connectivity index (χ2n) is 6.55. The molecule has 0 aromatic heterocycles. The summed E-state index contributed by atoms with van der Waals surface area (Å²) in [6.45, 7) is 5.54. The number of aliphatic carboxylic acids is 1. The molecule has 2 aromatic carbocycles. The van der Waals surface area contributed by atoms with Crippen LogP contribution in [0, 0.1) is 5.92 Å². The molecule has 0 aliphatic carbocycles. The molecule has 0 fully saturated rings. The first-order valence-corrected chi connectivity index (χ1v) is 8.55. The zero-order valence-electron chi connectivity index (χ0n) is 14.9. The number of amides is 1. The molecule has 2 aromatic rings. The SMILES string of the molecule is C[C@H](Cc1ccc([C@@H](C)C(=O)O)cc1)C(=O)N[C@H](C)c1ccccc1. The van der Waals surface area contributed by atoms with Crippen molar-refractivity contribution in [2.45, 2.75) is 39.2 Å². The Kier molecular flexibility index (Phi) is 6.34.